The van der Waals surface area contributed by atoms with Gasteiger partial charge in [0.1, 0.15) is 5.92 Å². The number of hydrogen-bond donors (Lipinski definition) is 0. The molecule has 0 bridgehead atoms. The van der Waals surface area contributed by atoms with E-state index in [2.05, 4.69) is 4.98 Å². The van der Waals surface area contributed by atoms with Crippen molar-refractivity contribution < 1.29 is 14.3 Å². The number of amides is 1. The van der Waals surface area contributed by atoms with Crippen LogP contribution in [0.2, 0.25) is 0 Å². The Morgan fingerprint density at radius 3 is 2.50 bits per heavy atom. The van der Waals surface area contributed by atoms with Crippen LogP contribution in [0.25, 0.3) is 0 Å². The molecule has 0 N–H and O–H groups in total. The van der Waals surface area contributed by atoms with E-state index >= 15 is 0 Å². The van der Waals surface area contributed by atoms with Crippen molar-refractivity contribution in [1.82, 2.24) is 9.55 Å². The molecule has 156 valence electrons. The van der Waals surface area contributed by atoms with Gasteiger partial charge < -0.3 is 14.2 Å². The average Bonchev–Trinajstić information content (AvgIpc) is 3.26. The van der Waals surface area contributed by atoms with Crippen LogP contribution in [0.1, 0.15) is 25.0 Å². The molecule has 6 nitrogen and oxygen atoms in total. The summed E-state index contributed by atoms with van der Waals surface area (Å²) in [4.78, 5) is 31.8. The number of esters is 1. The van der Waals surface area contributed by atoms with E-state index in [0.717, 1.165) is 16.8 Å². The van der Waals surface area contributed by atoms with Crippen LogP contribution in [0.4, 0.5) is 5.69 Å². The number of imidazole rings is 1. The maximum Gasteiger partial charge on any atom is 0.318 e. The minimum absolute atomic E-state index is 0.237. The Morgan fingerprint density at radius 2 is 1.83 bits per heavy atom. The summed E-state index contributed by atoms with van der Waals surface area (Å²) in [6.07, 6.45) is 5.69. The Hall–Kier alpha value is -3.41. The number of hydrogen-bond acceptors (Lipinski definition) is 4. The van der Waals surface area contributed by atoms with Gasteiger partial charge >= 0.3 is 5.97 Å². The van der Waals surface area contributed by atoms with E-state index in [0.29, 0.717) is 19.5 Å². The second-order valence-electron chi connectivity index (χ2n) is 6.98. The monoisotopic (exact) mass is 405 g/mol. The summed E-state index contributed by atoms with van der Waals surface area (Å²) >= 11 is 0. The van der Waals surface area contributed by atoms with E-state index in [1.165, 1.54) is 0 Å². The maximum absolute atomic E-state index is 13.3. The Morgan fingerprint density at radius 1 is 1.07 bits per heavy atom. The predicted molar refractivity (Wildman–Crippen MR) is 116 cm³/mol. The summed E-state index contributed by atoms with van der Waals surface area (Å²) in [5, 5.41) is 0. The second kappa shape index (κ2) is 10.4. The SMILES string of the molecule is CCOC(=O)C(Cc1cccc(Cn2ccnc2)c1)C(=O)N(CC)c1ccccc1. The molecule has 0 spiro atoms. The van der Waals surface area contributed by atoms with Crippen LogP contribution in [-0.2, 0) is 27.3 Å². The average molecular weight is 405 g/mol. The molecule has 0 saturated heterocycles. The predicted octanol–water partition coefficient (Wildman–Crippen LogP) is 3.71. The smallest absolute Gasteiger partial charge is 0.318 e. The van der Waals surface area contributed by atoms with Crippen LogP contribution in [0.5, 0.6) is 0 Å². The van der Waals surface area contributed by atoms with Gasteiger partial charge in [0, 0.05) is 31.2 Å². The van der Waals surface area contributed by atoms with Gasteiger partial charge in [0.15, 0.2) is 0 Å². The highest BCUT2D eigenvalue weighted by molar-refractivity contribution is 6.06. The fraction of sp³-hybridized carbons (Fsp3) is 0.292. The molecule has 3 aromatic rings. The minimum atomic E-state index is -0.895. The summed E-state index contributed by atoms with van der Waals surface area (Å²) < 4.78 is 7.22. The van der Waals surface area contributed by atoms with Crippen molar-refractivity contribution in [1.29, 1.82) is 0 Å². The lowest BCUT2D eigenvalue weighted by Gasteiger charge is -2.25. The van der Waals surface area contributed by atoms with Gasteiger partial charge in [0.25, 0.3) is 0 Å². The Balaban J connectivity index is 1.83. The number of para-hydroxylation sites is 1. The topological polar surface area (TPSA) is 64.4 Å². The molecule has 0 aliphatic heterocycles. The molecule has 0 aliphatic rings. The van der Waals surface area contributed by atoms with Crippen molar-refractivity contribution in [3.63, 3.8) is 0 Å². The number of ether oxygens (including phenoxy) is 1. The van der Waals surface area contributed by atoms with Crippen molar-refractivity contribution in [2.75, 3.05) is 18.1 Å². The fourth-order valence-corrected chi connectivity index (χ4v) is 3.46. The first kappa shape index (κ1) is 21.3. The highest BCUT2D eigenvalue weighted by atomic mass is 16.5. The Bertz CT molecular complexity index is 955. The maximum atomic E-state index is 13.3. The lowest BCUT2D eigenvalue weighted by atomic mass is 9.96. The van der Waals surface area contributed by atoms with E-state index in [-0.39, 0.29) is 12.5 Å². The highest BCUT2D eigenvalue weighted by Gasteiger charge is 2.32. The van der Waals surface area contributed by atoms with Gasteiger partial charge in [0.2, 0.25) is 5.91 Å². The van der Waals surface area contributed by atoms with Crippen LogP contribution < -0.4 is 4.90 Å². The number of carbonyl (C=O) groups is 2. The van der Waals surface area contributed by atoms with E-state index < -0.39 is 11.9 Å². The molecular formula is C24H27N3O3. The third kappa shape index (κ3) is 5.35. The van der Waals surface area contributed by atoms with Crippen LogP contribution in [0.15, 0.2) is 73.3 Å². The molecule has 0 aliphatic carbocycles. The molecular weight excluding hydrogens is 378 g/mol. The third-order valence-electron chi connectivity index (χ3n) is 4.87. The van der Waals surface area contributed by atoms with Crippen molar-refractivity contribution in [2.24, 2.45) is 5.92 Å². The first-order valence-electron chi connectivity index (χ1n) is 10.2. The Labute approximate surface area is 177 Å². The van der Waals surface area contributed by atoms with E-state index in [9.17, 15) is 9.59 Å². The molecule has 1 atom stereocenters. The molecule has 6 heteroatoms. The summed E-state index contributed by atoms with van der Waals surface area (Å²) in [6, 6.07) is 17.3. The van der Waals surface area contributed by atoms with E-state index in [4.69, 9.17) is 4.74 Å². The van der Waals surface area contributed by atoms with Crippen LogP contribution >= 0.6 is 0 Å². The molecule has 3 rings (SSSR count). The number of benzene rings is 2. The van der Waals surface area contributed by atoms with Crippen molar-refractivity contribution in [3.8, 4) is 0 Å². The molecule has 1 amide bonds. The molecule has 1 heterocycles. The third-order valence-corrected chi connectivity index (χ3v) is 4.87. The normalized spacial score (nSPS) is 11.7. The van der Waals surface area contributed by atoms with Crippen molar-refractivity contribution in [3.05, 3.63) is 84.4 Å². The minimum Gasteiger partial charge on any atom is -0.465 e. The standard InChI is InChI=1S/C24H27N3O3/c1-3-27(21-11-6-5-7-12-21)23(28)22(24(29)30-4-2)16-19-9-8-10-20(15-19)17-26-14-13-25-18-26/h5-15,18,22H,3-4,16-17H2,1-2H3. The van der Waals surface area contributed by atoms with E-state index in [1.54, 1.807) is 24.3 Å². The zero-order valence-corrected chi connectivity index (χ0v) is 17.4. The first-order valence-corrected chi connectivity index (χ1v) is 10.2. The quantitative estimate of drug-likeness (QED) is 0.402. The first-order chi connectivity index (χ1) is 14.6. The largest absolute Gasteiger partial charge is 0.465 e. The number of rotatable bonds is 9. The van der Waals surface area contributed by atoms with Crippen LogP contribution in [0.3, 0.4) is 0 Å². The molecule has 0 saturated carbocycles. The van der Waals surface area contributed by atoms with Gasteiger partial charge in [-0.1, -0.05) is 42.5 Å². The van der Waals surface area contributed by atoms with Gasteiger partial charge in [0.05, 0.1) is 12.9 Å². The molecule has 0 fully saturated rings. The number of carbonyl (C=O) groups excluding carboxylic acids is 2. The molecule has 30 heavy (non-hydrogen) atoms. The van der Waals surface area contributed by atoms with Gasteiger partial charge in [-0.05, 0) is 43.5 Å². The lowest BCUT2D eigenvalue weighted by molar-refractivity contribution is -0.151. The lowest BCUT2D eigenvalue weighted by Crippen LogP contribution is -2.41. The molecule has 0 radical (unpaired) electrons. The number of anilines is 1. The zero-order chi connectivity index (χ0) is 21.3. The number of aromatic nitrogens is 2. The van der Waals surface area contributed by atoms with Gasteiger partial charge in [-0.2, -0.15) is 0 Å². The summed E-state index contributed by atoms with van der Waals surface area (Å²) in [7, 11) is 0. The van der Waals surface area contributed by atoms with Crippen molar-refractivity contribution >= 4 is 17.6 Å². The molecule has 2 aromatic carbocycles. The summed E-state index contributed by atoms with van der Waals surface area (Å²) in [5.41, 5.74) is 2.77. The van der Waals surface area contributed by atoms with Gasteiger partial charge in [-0.15, -0.1) is 0 Å². The van der Waals surface area contributed by atoms with Gasteiger partial charge in [-0.25, -0.2) is 4.98 Å². The van der Waals surface area contributed by atoms with Crippen molar-refractivity contribution in [2.45, 2.75) is 26.8 Å². The zero-order valence-electron chi connectivity index (χ0n) is 17.4. The fourth-order valence-electron chi connectivity index (χ4n) is 3.46. The highest BCUT2D eigenvalue weighted by Crippen LogP contribution is 2.21. The second-order valence-corrected chi connectivity index (χ2v) is 6.98. The van der Waals surface area contributed by atoms with E-state index in [1.807, 2.05) is 72.3 Å². The Kier molecular flexibility index (Phi) is 7.38. The number of nitrogens with zero attached hydrogens (tertiary/aromatic N) is 3. The van der Waals surface area contributed by atoms with Gasteiger partial charge in [-0.3, -0.25) is 9.59 Å². The molecule has 1 aromatic heterocycles. The summed E-state index contributed by atoms with van der Waals surface area (Å²) in [5.74, 6) is -1.63. The van der Waals surface area contributed by atoms with Crippen LogP contribution in [-0.4, -0.2) is 34.6 Å². The summed E-state index contributed by atoms with van der Waals surface area (Å²) in [6.45, 7) is 5.04. The van der Waals surface area contributed by atoms with Crippen LogP contribution in [0, 0.1) is 5.92 Å². The molecule has 1 unspecified atom stereocenters.